The number of ether oxygens (including phenoxy) is 3. The molecule has 0 amide bonds. The summed E-state index contributed by atoms with van der Waals surface area (Å²) in [7, 11) is 3.29. The number of rotatable bonds is 13. The van der Waals surface area contributed by atoms with E-state index >= 15 is 0 Å². The molecule has 0 saturated carbocycles. The molecule has 1 aromatic heterocycles. The van der Waals surface area contributed by atoms with Gasteiger partial charge in [-0.3, -0.25) is 4.90 Å². The van der Waals surface area contributed by atoms with Gasteiger partial charge in [0.15, 0.2) is 11.5 Å². The largest absolute Gasteiger partial charge is 0.497 e. The van der Waals surface area contributed by atoms with Crippen LogP contribution in [-0.2, 0) is 13.0 Å². The molecule has 0 bridgehead atoms. The summed E-state index contributed by atoms with van der Waals surface area (Å²) in [5.41, 5.74) is 2.85. The summed E-state index contributed by atoms with van der Waals surface area (Å²) >= 11 is 0. The Morgan fingerprint density at radius 2 is 1.66 bits per heavy atom. The maximum atomic E-state index is 10.6. The van der Waals surface area contributed by atoms with E-state index in [0.29, 0.717) is 30.5 Å². The Balaban J connectivity index is 2.10. The van der Waals surface area contributed by atoms with Gasteiger partial charge in [-0.15, -0.1) is 0 Å². The predicted molar refractivity (Wildman–Crippen MR) is 139 cm³/mol. The van der Waals surface area contributed by atoms with Gasteiger partial charge < -0.3 is 19.3 Å². The monoisotopic (exact) mass is 481 g/mol. The summed E-state index contributed by atoms with van der Waals surface area (Å²) in [6, 6.07) is 15.4. The first-order valence-electron chi connectivity index (χ1n) is 12.4. The van der Waals surface area contributed by atoms with Crippen molar-refractivity contribution in [2.75, 3.05) is 27.3 Å². The summed E-state index contributed by atoms with van der Waals surface area (Å²) in [5, 5.41) is 15.6. The van der Waals surface area contributed by atoms with E-state index in [0.717, 1.165) is 42.1 Å². The molecule has 7 nitrogen and oxygen atoms in total. The lowest BCUT2D eigenvalue weighted by atomic mass is 10.1. The normalized spacial score (nSPS) is 12.3. The molecule has 0 fully saturated rings. The molecule has 3 aromatic rings. The molecule has 0 aliphatic carbocycles. The quantitative estimate of drug-likeness (QED) is 0.349. The lowest BCUT2D eigenvalue weighted by molar-refractivity contribution is 0.0728. The van der Waals surface area contributed by atoms with Crippen molar-refractivity contribution in [3.63, 3.8) is 0 Å². The number of hydrogen-bond donors (Lipinski definition) is 1. The predicted octanol–water partition coefficient (Wildman–Crippen LogP) is 5.47. The fraction of sp³-hybridized carbons (Fsp3) is 0.464. The number of para-hydroxylation sites is 2. The Bertz CT molecular complexity index is 1060. The van der Waals surface area contributed by atoms with Crippen molar-refractivity contribution in [3.05, 3.63) is 59.8 Å². The van der Waals surface area contributed by atoms with E-state index in [1.54, 1.807) is 14.2 Å². The van der Waals surface area contributed by atoms with Crippen LogP contribution in [0.15, 0.2) is 48.5 Å². The molecule has 7 heteroatoms. The van der Waals surface area contributed by atoms with E-state index in [9.17, 15) is 5.11 Å². The molecule has 0 spiro atoms. The van der Waals surface area contributed by atoms with Crippen molar-refractivity contribution in [3.8, 4) is 28.8 Å². The van der Waals surface area contributed by atoms with Crippen molar-refractivity contribution in [1.82, 2.24) is 14.7 Å². The van der Waals surface area contributed by atoms with Crippen molar-refractivity contribution < 1.29 is 19.3 Å². The lowest BCUT2D eigenvalue weighted by Gasteiger charge is -2.26. The third-order valence-corrected chi connectivity index (χ3v) is 6.08. The summed E-state index contributed by atoms with van der Waals surface area (Å²) in [6.07, 6.45) is 1.34. The Kier molecular flexibility index (Phi) is 9.57. The first kappa shape index (κ1) is 26.6. The minimum absolute atomic E-state index is 0.186. The van der Waals surface area contributed by atoms with Crippen molar-refractivity contribution in [2.45, 2.75) is 53.2 Å². The van der Waals surface area contributed by atoms with Crippen LogP contribution in [0.3, 0.4) is 0 Å². The zero-order valence-corrected chi connectivity index (χ0v) is 21.8. The van der Waals surface area contributed by atoms with Gasteiger partial charge in [0.05, 0.1) is 37.3 Å². The first-order valence-corrected chi connectivity index (χ1v) is 12.4. The molecule has 35 heavy (non-hydrogen) atoms. The van der Waals surface area contributed by atoms with Crippen LogP contribution in [0, 0.1) is 5.92 Å². The van der Waals surface area contributed by atoms with E-state index in [-0.39, 0.29) is 5.92 Å². The summed E-state index contributed by atoms with van der Waals surface area (Å²) in [6.45, 7) is 10.4. The van der Waals surface area contributed by atoms with Gasteiger partial charge in [-0.1, -0.05) is 39.8 Å². The number of methoxy groups -OCH3 is 2. The molecular formula is C28H39N3O4. The zero-order chi connectivity index (χ0) is 25.4. The van der Waals surface area contributed by atoms with Crippen molar-refractivity contribution in [1.29, 1.82) is 0 Å². The number of nitrogens with zero attached hydrogens (tertiary/aromatic N) is 3. The maximum absolute atomic E-state index is 10.6. The number of aliphatic hydroxyl groups is 1. The molecule has 0 aliphatic rings. The highest BCUT2D eigenvalue weighted by molar-refractivity contribution is 5.48. The minimum atomic E-state index is -0.401. The van der Waals surface area contributed by atoms with Gasteiger partial charge in [-0.25, -0.2) is 4.68 Å². The Hall–Kier alpha value is -3.03. The average Bonchev–Trinajstić information content (AvgIpc) is 3.21. The van der Waals surface area contributed by atoms with E-state index < -0.39 is 6.10 Å². The fourth-order valence-corrected chi connectivity index (χ4v) is 3.98. The van der Waals surface area contributed by atoms with Crippen LogP contribution in [0.5, 0.6) is 23.1 Å². The van der Waals surface area contributed by atoms with Crippen LogP contribution >= 0.6 is 0 Å². The fourth-order valence-electron chi connectivity index (χ4n) is 3.98. The van der Waals surface area contributed by atoms with Crippen LogP contribution in [0.4, 0.5) is 0 Å². The molecule has 1 atom stereocenters. The second-order valence-corrected chi connectivity index (χ2v) is 8.99. The standard InChI is InChI=1S/C28H39N3O4/c1-7-17-30(19-25(32)20(3)4)18-23-24(8-2)29-31(21-13-15-22(33-5)16-14-21)28(23)35-27-12-10-9-11-26(27)34-6/h9-16,20,25,32H,7-8,17-19H2,1-6H3/t25-/m1/s1. The number of aliphatic hydroxyl groups excluding tert-OH is 1. The highest BCUT2D eigenvalue weighted by atomic mass is 16.5. The third kappa shape index (κ3) is 6.55. The van der Waals surface area contributed by atoms with Crippen LogP contribution in [0.25, 0.3) is 5.69 Å². The molecule has 1 N–H and O–H groups in total. The van der Waals surface area contributed by atoms with E-state index in [1.807, 2.05) is 67.1 Å². The van der Waals surface area contributed by atoms with Gasteiger partial charge in [-0.05, 0) is 61.7 Å². The average molecular weight is 482 g/mol. The van der Waals surface area contributed by atoms with Gasteiger partial charge in [0, 0.05) is 13.1 Å². The number of aromatic nitrogens is 2. The highest BCUT2D eigenvalue weighted by Gasteiger charge is 2.24. The minimum Gasteiger partial charge on any atom is -0.497 e. The van der Waals surface area contributed by atoms with Gasteiger partial charge in [-0.2, -0.15) is 5.10 Å². The van der Waals surface area contributed by atoms with Crippen LogP contribution in [0.1, 0.15) is 45.4 Å². The summed E-state index contributed by atoms with van der Waals surface area (Å²) in [5.74, 6) is 2.89. The molecular weight excluding hydrogens is 442 g/mol. The highest BCUT2D eigenvalue weighted by Crippen LogP contribution is 2.36. The maximum Gasteiger partial charge on any atom is 0.227 e. The molecule has 190 valence electrons. The van der Waals surface area contributed by atoms with Gasteiger partial charge in [0.25, 0.3) is 0 Å². The molecule has 0 saturated heterocycles. The Morgan fingerprint density at radius 3 is 2.23 bits per heavy atom. The first-order chi connectivity index (χ1) is 16.9. The molecule has 1 heterocycles. The molecule has 3 rings (SSSR count). The van der Waals surface area contributed by atoms with E-state index in [4.69, 9.17) is 19.3 Å². The van der Waals surface area contributed by atoms with Gasteiger partial charge >= 0.3 is 0 Å². The summed E-state index contributed by atoms with van der Waals surface area (Å²) < 4.78 is 19.3. The molecule has 0 radical (unpaired) electrons. The molecule has 0 aliphatic heterocycles. The molecule has 0 unspecified atom stereocenters. The van der Waals surface area contributed by atoms with Gasteiger partial charge in [0.1, 0.15) is 5.75 Å². The Morgan fingerprint density at radius 1 is 0.971 bits per heavy atom. The van der Waals surface area contributed by atoms with E-state index in [1.165, 1.54) is 0 Å². The second kappa shape index (κ2) is 12.6. The van der Waals surface area contributed by atoms with Crippen LogP contribution < -0.4 is 14.2 Å². The van der Waals surface area contributed by atoms with Crippen LogP contribution in [0.2, 0.25) is 0 Å². The SMILES string of the molecule is CCCN(Cc1c(CC)nn(-c2ccc(OC)cc2)c1Oc1ccccc1OC)C[C@@H](O)C(C)C. The van der Waals surface area contributed by atoms with E-state index in [2.05, 4.69) is 18.7 Å². The van der Waals surface area contributed by atoms with Crippen molar-refractivity contribution >= 4 is 0 Å². The topological polar surface area (TPSA) is 69.0 Å². The summed E-state index contributed by atoms with van der Waals surface area (Å²) in [4.78, 5) is 2.29. The number of benzene rings is 2. The third-order valence-electron chi connectivity index (χ3n) is 6.08. The second-order valence-electron chi connectivity index (χ2n) is 8.99. The molecule has 2 aromatic carbocycles. The number of hydrogen-bond acceptors (Lipinski definition) is 6. The van der Waals surface area contributed by atoms with Crippen molar-refractivity contribution in [2.24, 2.45) is 5.92 Å². The Labute approximate surface area is 209 Å². The van der Waals surface area contributed by atoms with Crippen LogP contribution in [-0.4, -0.2) is 53.2 Å². The number of aryl methyl sites for hydroxylation is 1. The zero-order valence-electron chi connectivity index (χ0n) is 21.8. The lowest BCUT2D eigenvalue weighted by Crippen LogP contribution is -2.35. The van der Waals surface area contributed by atoms with Gasteiger partial charge in [0.2, 0.25) is 5.88 Å². The smallest absolute Gasteiger partial charge is 0.227 e.